The van der Waals surface area contributed by atoms with Crippen molar-refractivity contribution >= 4 is 44.6 Å². The van der Waals surface area contributed by atoms with Crippen molar-refractivity contribution in [1.29, 1.82) is 0 Å². The van der Waals surface area contributed by atoms with Crippen molar-refractivity contribution < 1.29 is 14.4 Å². The summed E-state index contributed by atoms with van der Waals surface area (Å²) < 4.78 is 6.08. The van der Waals surface area contributed by atoms with Gasteiger partial charge in [0.1, 0.15) is 11.3 Å². The molecule has 30 heavy (non-hydrogen) atoms. The zero-order valence-electron chi connectivity index (χ0n) is 16.1. The second-order valence-corrected chi connectivity index (χ2v) is 7.71. The van der Waals surface area contributed by atoms with Gasteiger partial charge < -0.3 is 9.52 Å². The van der Waals surface area contributed by atoms with Crippen LogP contribution in [0.4, 0.5) is 11.4 Å². The van der Waals surface area contributed by atoms with Gasteiger partial charge in [-0.25, -0.2) is 4.98 Å². The topological polar surface area (TPSA) is 102 Å². The minimum Gasteiger partial charge on any atom is -0.506 e. The summed E-state index contributed by atoms with van der Waals surface area (Å²) >= 11 is 3.12. The molecule has 150 valence electrons. The van der Waals surface area contributed by atoms with Gasteiger partial charge >= 0.3 is 0 Å². The highest BCUT2D eigenvalue weighted by Crippen LogP contribution is 2.32. The Morgan fingerprint density at radius 3 is 2.67 bits per heavy atom. The SMILES string of the molecule is Cc1ccc(-c2nc3cc(N=Cc4cc([N+](=O)[O-])cc(Br)c4O)ccc3o2)cc1C. The van der Waals surface area contributed by atoms with Crippen molar-refractivity contribution in [3.05, 3.63) is 79.8 Å². The van der Waals surface area contributed by atoms with Gasteiger partial charge in [0.25, 0.3) is 5.69 Å². The van der Waals surface area contributed by atoms with Crippen molar-refractivity contribution in [2.75, 3.05) is 0 Å². The van der Waals surface area contributed by atoms with Crippen LogP contribution in [-0.4, -0.2) is 21.2 Å². The quantitative estimate of drug-likeness (QED) is 0.218. The lowest BCUT2D eigenvalue weighted by molar-refractivity contribution is -0.385. The number of phenols is 1. The summed E-state index contributed by atoms with van der Waals surface area (Å²) in [7, 11) is 0. The van der Waals surface area contributed by atoms with Gasteiger partial charge in [0.05, 0.1) is 15.1 Å². The average Bonchev–Trinajstić information content (AvgIpc) is 3.14. The summed E-state index contributed by atoms with van der Waals surface area (Å²) in [6, 6.07) is 13.8. The van der Waals surface area contributed by atoms with E-state index >= 15 is 0 Å². The lowest BCUT2D eigenvalue weighted by Gasteiger charge is -2.02. The second kappa shape index (κ2) is 7.72. The predicted molar refractivity (Wildman–Crippen MR) is 119 cm³/mol. The maximum Gasteiger partial charge on any atom is 0.271 e. The Balaban J connectivity index is 1.68. The first kappa shape index (κ1) is 19.8. The number of oxazole rings is 1. The van der Waals surface area contributed by atoms with E-state index in [1.807, 2.05) is 32.0 Å². The van der Waals surface area contributed by atoms with Crippen LogP contribution in [0.5, 0.6) is 5.75 Å². The monoisotopic (exact) mass is 465 g/mol. The fraction of sp³-hybridized carbons (Fsp3) is 0.0909. The van der Waals surface area contributed by atoms with E-state index in [9.17, 15) is 15.2 Å². The van der Waals surface area contributed by atoms with Crippen LogP contribution < -0.4 is 0 Å². The van der Waals surface area contributed by atoms with Crippen LogP contribution in [-0.2, 0) is 0 Å². The summed E-state index contributed by atoms with van der Waals surface area (Å²) in [6.45, 7) is 4.09. The number of nitrogens with zero attached hydrogens (tertiary/aromatic N) is 3. The molecule has 0 saturated heterocycles. The number of hydrogen-bond acceptors (Lipinski definition) is 6. The Hall–Kier alpha value is -3.52. The van der Waals surface area contributed by atoms with Crippen LogP contribution >= 0.6 is 15.9 Å². The number of benzene rings is 3. The molecule has 0 aliphatic rings. The van der Waals surface area contributed by atoms with E-state index in [1.165, 1.54) is 23.9 Å². The van der Waals surface area contributed by atoms with E-state index in [-0.39, 0.29) is 21.5 Å². The Kier molecular flexibility index (Phi) is 5.09. The molecular formula is C22H16BrN3O4. The van der Waals surface area contributed by atoms with Crippen LogP contribution in [0, 0.1) is 24.0 Å². The first-order chi connectivity index (χ1) is 14.3. The van der Waals surface area contributed by atoms with Crippen molar-refractivity contribution in [2.24, 2.45) is 4.99 Å². The van der Waals surface area contributed by atoms with Crippen molar-refractivity contribution in [2.45, 2.75) is 13.8 Å². The molecule has 0 fully saturated rings. The molecule has 0 aliphatic carbocycles. The Morgan fingerprint density at radius 1 is 1.13 bits per heavy atom. The van der Waals surface area contributed by atoms with Gasteiger partial charge in [-0.1, -0.05) is 6.07 Å². The molecule has 0 spiro atoms. The van der Waals surface area contributed by atoms with E-state index in [1.54, 1.807) is 18.2 Å². The number of aryl methyl sites for hydroxylation is 2. The average molecular weight is 466 g/mol. The van der Waals surface area contributed by atoms with E-state index in [0.717, 1.165) is 11.1 Å². The van der Waals surface area contributed by atoms with Gasteiger partial charge in [-0.05, 0) is 71.2 Å². The molecule has 0 atom stereocenters. The largest absolute Gasteiger partial charge is 0.506 e. The molecule has 4 rings (SSSR count). The number of aromatic nitrogens is 1. The van der Waals surface area contributed by atoms with Gasteiger partial charge in [0.15, 0.2) is 5.58 Å². The summed E-state index contributed by atoms with van der Waals surface area (Å²) in [5.41, 5.74) is 5.17. The third-order valence-corrected chi connectivity index (χ3v) is 5.37. The van der Waals surface area contributed by atoms with Crippen LogP contribution in [0.1, 0.15) is 16.7 Å². The Bertz CT molecular complexity index is 1330. The molecule has 7 nitrogen and oxygen atoms in total. The number of rotatable bonds is 4. The second-order valence-electron chi connectivity index (χ2n) is 6.85. The molecule has 0 saturated carbocycles. The molecule has 4 aromatic rings. The maximum atomic E-state index is 11.0. The van der Waals surface area contributed by atoms with Gasteiger partial charge in [-0.3, -0.25) is 15.1 Å². The molecule has 0 bridgehead atoms. The number of aromatic hydroxyl groups is 1. The number of nitro benzene ring substituents is 1. The van der Waals surface area contributed by atoms with Gasteiger partial charge in [-0.15, -0.1) is 0 Å². The molecule has 1 aromatic heterocycles. The zero-order chi connectivity index (χ0) is 21.4. The number of hydrogen-bond donors (Lipinski definition) is 1. The standard InChI is InChI=1S/C22H16BrN3O4/c1-12-3-4-14(7-13(12)2)22-25-19-9-16(5-6-20(19)30-22)24-11-15-8-17(26(28)29)10-18(23)21(15)27/h3-11,27H,1-2H3. The highest BCUT2D eigenvalue weighted by molar-refractivity contribution is 9.10. The minimum atomic E-state index is -0.530. The number of nitro groups is 1. The first-order valence-electron chi connectivity index (χ1n) is 9.01. The molecule has 0 aliphatic heterocycles. The predicted octanol–water partition coefficient (Wildman–Crippen LogP) is 6.24. The van der Waals surface area contributed by atoms with Gasteiger partial charge in [0.2, 0.25) is 5.89 Å². The molecule has 3 aromatic carbocycles. The van der Waals surface area contributed by atoms with Crippen LogP contribution in [0.15, 0.2) is 62.4 Å². The highest BCUT2D eigenvalue weighted by Gasteiger charge is 2.14. The van der Waals surface area contributed by atoms with Crippen LogP contribution in [0.3, 0.4) is 0 Å². The van der Waals surface area contributed by atoms with E-state index in [0.29, 0.717) is 22.7 Å². The van der Waals surface area contributed by atoms with Gasteiger partial charge in [-0.2, -0.15) is 0 Å². The fourth-order valence-electron chi connectivity index (χ4n) is 2.95. The van der Waals surface area contributed by atoms with Crippen molar-refractivity contribution in [3.8, 4) is 17.2 Å². The van der Waals surface area contributed by atoms with Crippen LogP contribution in [0.2, 0.25) is 0 Å². The lowest BCUT2D eigenvalue weighted by atomic mass is 10.1. The van der Waals surface area contributed by atoms with E-state index in [4.69, 9.17) is 4.42 Å². The molecule has 1 N–H and O–H groups in total. The molecule has 1 heterocycles. The molecule has 8 heteroatoms. The smallest absolute Gasteiger partial charge is 0.271 e. The van der Waals surface area contributed by atoms with Crippen molar-refractivity contribution in [3.63, 3.8) is 0 Å². The van der Waals surface area contributed by atoms with E-state index < -0.39 is 4.92 Å². The normalized spacial score (nSPS) is 11.4. The molecule has 0 radical (unpaired) electrons. The summed E-state index contributed by atoms with van der Waals surface area (Å²) in [5.74, 6) is 0.401. The number of aliphatic imine (C=N–C) groups is 1. The first-order valence-corrected chi connectivity index (χ1v) is 9.80. The third-order valence-electron chi connectivity index (χ3n) is 4.77. The number of halogens is 1. The molecular weight excluding hydrogens is 450 g/mol. The number of fused-ring (bicyclic) bond motifs is 1. The molecule has 0 unspecified atom stereocenters. The summed E-state index contributed by atoms with van der Waals surface area (Å²) in [4.78, 5) is 19.4. The Labute approximate surface area is 180 Å². The van der Waals surface area contributed by atoms with Crippen LogP contribution in [0.25, 0.3) is 22.6 Å². The van der Waals surface area contributed by atoms with Gasteiger partial charge in [0, 0.05) is 29.5 Å². The Morgan fingerprint density at radius 2 is 1.93 bits per heavy atom. The van der Waals surface area contributed by atoms with Crippen molar-refractivity contribution in [1.82, 2.24) is 4.98 Å². The molecule has 0 amide bonds. The zero-order valence-corrected chi connectivity index (χ0v) is 17.7. The third kappa shape index (κ3) is 3.81. The number of non-ortho nitro benzene ring substituents is 1. The summed E-state index contributed by atoms with van der Waals surface area (Å²) in [6.07, 6.45) is 1.37. The number of phenolic OH excluding ortho intramolecular Hbond substituents is 1. The fourth-order valence-corrected chi connectivity index (χ4v) is 3.41. The maximum absolute atomic E-state index is 11.0. The minimum absolute atomic E-state index is 0.121. The highest BCUT2D eigenvalue weighted by atomic mass is 79.9. The summed E-state index contributed by atoms with van der Waals surface area (Å²) in [5, 5.41) is 21.2. The lowest BCUT2D eigenvalue weighted by Crippen LogP contribution is -1.91. The van der Waals surface area contributed by atoms with E-state index in [2.05, 4.69) is 25.9 Å².